The molecule has 0 bridgehead atoms. The average Bonchev–Trinajstić information content (AvgIpc) is 3.06. The summed E-state index contributed by atoms with van der Waals surface area (Å²) in [7, 11) is 0. The molecule has 6 nitrogen and oxygen atoms in total. The molecule has 24 heavy (non-hydrogen) atoms. The van der Waals surface area contributed by atoms with Crippen LogP contribution in [0.4, 0.5) is 10.5 Å². The van der Waals surface area contributed by atoms with Crippen LogP contribution in [0, 0.1) is 0 Å². The number of carbonyl (C=O) groups is 1. The molecule has 0 spiro atoms. The van der Waals surface area contributed by atoms with Gasteiger partial charge in [0.15, 0.2) is 5.76 Å². The van der Waals surface area contributed by atoms with Gasteiger partial charge in [0, 0.05) is 17.8 Å². The first kappa shape index (κ1) is 15.6. The van der Waals surface area contributed by atoms with Crippen LogP contribution in [0.15, 0.2) is 65.2 Å². The number of carbonyl (C=O) groups excluding carboxylic acids is 1. The maximum absolute atomic E-state index is 11.8. The lowest BCUT2D eigenvalue weighted by molar-refractivity contribution is 0.196. The van der Waals surface area contributed by atoms with Crippen molar-refractivity contribution in [2.45, 2.75) is 6.42 Å². The van der Waals surface area contributed by atoms with Crippen LogP contribution in [0.25, 0.3) is 11.3 Å². The van der Waals surface area contributed by atoms with Crippen LogP contribution >= 0.6 is 0 Å². The van der Waals surface area contributed by atoms with Gasteiger partial charge < -0.3 is 20.3 Å². The number of rotatable bonds is 5. The van der Waals surface area contributed by atoms with Gasteiger partial charge in [-0.1, -0.05) is 42.5 Å². The van der Waals surface area contributed by atoms with E-state index < -0.39 is 6.09 Å². The molecule has 0 fully saturated rings. The Morgan fingerprint density at radius 3 is 2.62 bits per heavy atom. The maximum Gasteiger partial charge on any atom is 0.414 e. The summed E-state index contributed by atoms with van der Waals surface area (Å²) < 4.78 is 10.3. The third-order valence-electron chi connectivity index (χ3n) is 3.41. The Labute approximate surface area is 139 Å². The second-order valence-electron chi connectivity index (χ2n) is 5.20. The van der Waals surface area contributed by atoms with Crippen molar-refractivity contribution in [2.75, 3.05) is 12.3 Å². The van der Waals surface area contributed by atoms with Crippen LogP contribution in [0.3, 0.4) is 0 Å². The van der Waals surface area contributed by atoms with Crippen LogP contribution in [0.5, 0.6) is 5.88 Å². The van der Waals surface area contributed by atoms with Crippen LogP contribution in [0.1, 0.15) is 5.56 Å². The Bertz CT molecular complexity index is 798. The second-order valence-corrected chi connectivity index (χ2v) is 5.20. The van der Waals surface area contributed by atoms with Gasteiger partial charge in [0.25, 0.3) is 5.88 Å². The van der Waals surface area contributed by atoms with E-state index in [-0.39, 0.29) is 5.88 Å². The van der Waals surface area contributed by atoms with E-state index in [9.17, 15) is 4.79 Å². The van der Waals surface area contributed by atoms with E-state index in [2.05, 4.69) is 10.5 Å². The van der Waals surface area contributed by atoms with Crippen LogP contribution in [0.2, 0.25) is 0 Å². The van der Waals surface area contributed by atoms with Gasteiger partial charge in [-0.25, -0.2) is 4.79 Å². The fourth-order valence-electron chi connectivity index (χ4n) is 2.17. The SMILES string of the molecule is Nc1ccc(CCNC(=O)Oc2cc(-c3ccccc3)on2)cc1. The zero-order chi connectivity index (χ0) is 16.8. The summed E-state index contributed by atoms with van der Waals surface area (Å²) in [5, 5.41) is 6.41. The zero-order valence-corrected chi connectivity index (χ0v) is 12.9. The highest BCUT2D eigenvalue weighted by molar-refractivity contribution is 5.70. The first-order chi connectivity index (χ1) is 11.7. The van der Waals surface area contributed by atoms with Crippen molar-refractivity contribution in [2.24, 2.45) is 0 Å². The summed E-state index contributed by atoms with van der Waals surface area (Å²) in [6.45, 7) is 0.451. The van der Waals surface area contributed by atoms with Crippen molar-refractivity contribution in [3.8, 4) is 17.2 Å². The topological polar surface area (TPSA) is 90.4 Å². The fraction of sp³-hybridized carbons (Fsp3) is 0.111. The number of nitrogens with one attached hydrogen (secondary N) is 1. The van der Waals surface area contributed by atoms with E-state index in [1.165, 1.54) is 0 Å². The van der Waals surface area contributed by atoms with E-state index in [1.54, 1.807) is 6.07 Å². The predicted molar refractivity (Wildman–Crippen MR) is 90.5 cm³/mol. The first-order valence-electron chi connectivity index (χ1n) is 7.53. The molecule has 0 saturated heterocycles. The highest BCUT2D eigenvalue weighted by Gasteiger charge is 2.11. The molecule has 1 heterocycles. The van der Waals surface area contributed by atoms with Crippen molar-refractivity contribution < 1.29 is 14.1 Å². The molecule has 0 unspecified atom stereocenters. The van der Waals surface area contributed by atoms with Gasteiger partial charge in [-0.3, -0.25) is 0 Å². The summed E-state index contributed by atoms with van der Waals surface area (Å²) in [4.78, 5) is 11.8. The monoisotopic (exact) mass is 323 g/mol. The lowest BCUT2D eigenvalue weighted by Crippen LogP contribution is -2.28. The van der Waals surface area contributed by atoms with E-state index in [0.717, 1.165) is 11.1 Å². The zero-order valence-electron chi connectivity index (χ0n) is 12.9. The van der Waals surface area contributed by atoms with Gasteiger partial charge in [0.2, 0.25) is 0 Å². The summed E-state index contributed by atoms with van der Waals surface area (Å²) in [6.07, 6.45) is 0.113. The van der Waals surface area contributed by atoms with Crippen LogP contribution < -0.4 is 15.8 Å². The van der Waals surface area contributed by atoms with Gasteiger partial charge in [-0.15, -0.1) is 0 Å². The Kier molecular flexibility index (Phi) is 4.76. The fourth-order valence-corrected chi connectivity index (χ4v) is 2.17. The molecule has 0 atom stereocenters. The number of nitrogens with two attached hydrogens (primary N) is 1. The summed E-state index contributed by atoms with van der Waals surface area (Å²) >= 11 is 0. The van der Waals surface area contributed by atoms with E-state index >= 15 is 0 Å². The second kappa shape index (κ2) is 7.32. The van der Waals surface area contributed by atoms with Gasteiger partial charge in [0.05, 0.1) is 6.07 Å². The van der Waals surface area contributed by atoms with Crippen molar-refractivity contribution in [1.82, 2.24) is 10.5 Å². The number of benzene rings is 2. The van der Waals surface area contributed by atoms with Crippen molar-refractivity contribution in [3.05, 3.63) is 66.2 Å². The Balaban J connectivity index is 1.48. The molecule has 2 aromatic carbocycles. The molecule has 6 heteroatoms. The molecule has 1 aromatic heterocycles. The third kappa shape index (κ3) is 4.13. The summed E-state index contributed by atoms with van der Waals surface area (Å²) in [5.41, 5.74) is 8.29. The molecule has 0 saturated carbocycles. The van der Waals surface area contributed by atoms with E-state index in [1.807, 2.05) is 54.6 Å². The summed E-state index contributed by atoms with van der Waals surface area (Å²) in [5.74, 6) is 0.666. The predicted octanol–water partition coefficient (Wildman–Crippen LogP) is 3.25. The molecular weight excluding hydrogens is 306 g/mol. The number of hydrogen-bond acceptors (Lipinski definition) is 5. The molecule has 3 rings (SSSR count). The molecular formula is C18H17N3O3. The first-order valence-corrected chi connectivity index (χ1v) is 7.53. The summed E-state index contributed by atoms with van der Waals surface area (Å²) in [6, 6.07) is 18.5. The largest absolute Gasteiger partial charge is 0.414 e. The number of nitrogens with zero attached hydrogens (tertiary/aromatic N) is 1. The lowest BCUT2D eigenvalue weighted by Gasteiger charge is -2.04. The molecule has 1 amide bonds. The van der Waals surface area contributed by atoms with Crippen molar-refractivity contribution in [1.29, 1.82) is 0 Å². The standard InChI is InChI=1S/C18H17N3O3/c19-15-8-6-13(7-9-15)10-11-20-18(22)23-17-12-16(24-21-17)14-4-2-1-3-5-14/h1-9,12H,10-11,19H2,(H,20,22). The van der Waals surface area contributed by atoms with Crippen molar-refractivity contribution >= 4 is 11.8 Å². The maximum atomic E-state index is 11.8. The quantitative estimate of drug-likeness (QED) is 0.703. The number of amides is 1. The highest BCUT2D eigenvalue weighted by atomic mass is 16.6. The highest BCUT2D eigenvalue weighted by Crippen LogP contribution is 2.23. The van der Waals surface area contributed by atoms with E-state index in [0.29, 0.717) is 24.4 Å². The lowest BCUT2D eigenvalue weighted by atomic mass is 10.1. The Hall–Kier alpha value is -3.28. The normalized spacial score (nSPS) is 10.3. The van der Waals surface area contributed by atoms with Crippen molar-refractivity contribution in [3.63, 3.8) is 0 Å². The molecule has 122 valence electrons. The van der Waals surface area contributed by atoms with Crippen LogP contribution in [-0.2, 0) is 6.42 Å². The molecule has 0 aliphatic heterocycles. The smallest absolute Gasteiger partial charge is 0.399 e. The number of nitrogen functional groups attached to an aromatic ring is 1. The minimum atomic E-state index is -0.571. The molecule has 0 radical (unpaired) electrons. The van der Waals surface area contributed by atoms with Gasteiger partial charge >= 0.3 is 6.09 Å². The molecule has 3 aromatic rings. The molecule has 0 aliphatic carbocycles. The number of aromatic nitrogens is 1. The molecule has 3 N–H and O–H groups in total. The third-order valence-corrected chi connectivity index (χ3v) is 3.41. The van der Waals surface area contributed by atoms with Crippen LogP contribution in [-0.4, -0.2) is 17.8 Å². The van der Waals surface area contributed by atoms with E-state index in [4.69, 9.17) is 15.0 Å². The average molecular weight is 323 g/mol. The number of ether oxygens (including phenoxy) is 1. The minimum Gasteiger partial charge on any atom is -0.399 e. The van der Waals surface area contributed by atoms with Gasteiger partial charge in [-0.2, -0.15) is 0 Å². The number of anilines is 1. The van der Waals surface area contributed by atoms with Gasteiger partial charge in [-0.05, 0) is 29.3 Å². The minimum absolute atomic E-state index is 0.124. The molecule has 0 aliphatic rings. The van der Waals surface area contributed by atoms with Gasteiger partial charge in [0.1, 0.15) is 0 Å². The Morgan fingerprint density at radius 1 is 1.12 bits per heavy atom. The number of hydrogen-bond donors (Lipinski definition) is 2. The Morgan fingerprint density at radius 2 is 1.88 bits per heavy atom.